The van der Waals surface area contributed by atoms with Gasteiger partial charge in [-0.3, -0.25) is 4.79 Å². The van der Waals surface area contributed by atoms with E-state index in [4.69, 9.17) is 4.74 Å². The number of nitrogens with zero attached hydrogens (tertiary/aromatic N) is 1. The Bertz CT molecular complexity index is 231. The molecule has 0 N–H and O–H groups in total. The first-order chi connectivity index (χ1) is 6.63. The summed E-state index contributed by atoms with van der Waals surface area (Å²) in [6, 6.07) is 0. The minimum atomic E-state index is 0.117. The summed E-state index contributed by atoms with van der Waals surface area (Å²) in [5.74, 6) is 0.117. The molecule has 1 rings (SSSR count). The van der Waals surface area contributed by atoms with Crippen molar-refractivity contribution in [2.75, 3.05) is 19.7 Å². The Balaban J connectivity index is 2.51. The molecule has 14 heavy (non-hydrogen) atoms. The lowest BCUT2D eigenvalue weighted by Gasteiger charge is -2.31. The van der Waals surface area contributed by atoms with E-state index in [1.807, 2.05) is 18.7 Å². The van der Waals surface area contributed by atoms with Crippen LogP contribution in [0.25, 0.3) is 0 Å². The molecule has 0 aromatic heterocycles. The van der Waals surface area contributed by atoms with E-state index in [0.29, 0.717) is 6.61 Å². The van der Waals surface area contributed by atoms with E-state index in [1.54, 1.807) is 6.08 Å². The number of morpholine rings is 1. The van der Waals surface area contributed by atoms with Crippen LogP contribution in [0.4, 0.5) is 0 Å². The monoisotopic (exact) mass is 197 g/mol. The summed E-state index contributed by atoms with van der Waals surface area (Å²) in [6.45, 7) is 8.09. The fraction of sp³-hybridized carbons (Fsp3) is 0.727. The maximum atomic E-state index is 11.7. The van der Waals surface area contributed by atoms with E-state index >= 15 is 0 Å². The van der Waals surface area contributed by atoms with Gasteiger partial charge in [-0.05, 0) is 20.3 Å². The number of carbonyl (C=O) groups is 1. The van der Waals surface area contributed by atoms with Crippen LogP contribution in [-0.2, 0) is 9.53 Å². The van der Waals surface area contributed by atoms with Crippen molar-refractivity contribution in [1.82, 2.24) is 4.90 Å². The minimum Gasteiger partial charge on any atom is -0.375 e. The number of allylic oxidation sites excluding steroid dienone is 1. The van der Waals surface area contributed by atoms with Crippen molar-refractivity contribution in [3.05, 3.63) is 11.6 Å². The third kappa shape index (κ3) is 3.14. The van der Waals surface area contributed by atoms with Gasteiger partial charge < -0.3 is 9.64 Å². The van der Waals surface area contributed by atoms with Gasteiger partial charge in [-0.2, -0.15) is 0 Å². The van der Waals surface area contributed by atoms with Gasteiger partial charge in [-0.1, -0.05) is 12.5 Å². The highest BCUT2D eigenvalue weighted by Gasteiger charge is 2.21. The number of carbonyl (C=O) groups excluding carboxylic acids is 1. The van der Waals surface area contributed by atoms with Crippen molar-refractivity contribution in [1.29, 1.82) is 0 Å². The topological polar surface area (TPSA) is 29.5 Å². The van der Waals surface area contributed by atoms with E-state index in [-0.39, 0.29) is 12.0 Å². The normalized spacial score (nSPS) is 21.9. The second-order valence-corrected chi connectivity index (χ2v) is 3.91. The van der Waals surface area contributed by atoms with Gasteiger partial charge in [0.25, 0.3) is 0 Å². The van der Waals surface area contributed by atoms with Crippen molar-refractivity contribution in [2.45, 2.75) is 33.3 Å². The van der Waals surface area contributed by atoms with Crippen molar-refractivity contribution < 1.29 is 9.53 Å². The molecule has 1 heterocycles. The number of hydrogen-bond acceptors (Lipinski definition) is 2. The largest absolute Gasteiger partial charge is 0.375 e. The second kappa shape index (κ2) is 5.15. The molecule has 0 spiro atoms. The number of amides is 1. The third-order valence-corrected chi connectivity index (χ3v) is 2.32. The first kappa shape index (κ1) is 11.2. The van der Waals surface area contributed by atoms with Crippen LogP contribution in [0.2, 0.25) is 0 Å². The zero-order chi connectivity index (χ0) is 10.6. The van der Waals surface area contributed by atoms with Crippen LogP contribution in [0.3, 0.4) is 0 Å². The van der Waals surface area contributed by atoms with E-state index in [9.17, 15) is 4.79 Å². The van der Waals surface area contributed by atoms with E-state index in [0.717, 1.165) is 25.1 Å². The lowest BCUT2D eigenvalue weighted by Crippen LogP contribution is -2.44. The fourth-order valence-electron chi connectivity index (χ4n) is 1.50. The molecule has 0 saturated carbocycles. The lowest BCUT2D eigenvalue weighted by molar-refractivity contribution is -0.133. The molecule has 3 heteroatoms. The molecule has 1 aliphatic rings. The Labute approximate surface area is 85.7 Å². The molecule has 0 aromatic rings. The summed E-state index contributed by atoms with van der Waals surface area (Å²) < 4.78 is 5.50. The molecular formula is C11H19NO2. The number of rotatable bonds is 2. The van der Waals surface area contributed by atoms with Crippen LogP contribution in [0, 0.1) is 0 Å². The minimum absolute atomic E-state index is 0.117. The molecule has 3 nitrogen and oxygen atoms in total. The Kier molecular flexibility index (Phi) is 4.14. The van der Waals surface area contributed by atoms with Crippen LogP contribution in [0.5, 0.6) is 0 Å². The van der Waals surface area contributed by atoms with E-state index in [2.05, 4.69) is 6.92 Å². The van der Waals surface area contributed by atoms with Crippen LogP contribution in [0.15, 0.2) is 11.6 Å². The van der Waals surface area contributed by atoms with Crippen LogP contribution in [-0.4, -0.2) is 36.6 Å². The van der Waals surface area contributed by atoms with Gasteiger partial charge >= 0.3 is 0 Å². The summed E-state index contributed by atoms with van der Waals surface area (Å²) in [4.78, 5) is 13.5. The number of hydrogen-bond donors (Lipinski definition) is 0. The van der Waals surface area contributed by atoms with E-state index in [1.165, 1.54) is 0 Å². The van der Waals surface area contributed by atoms with E-state index < -0.39 is 0 Å². The van der Waals surface area contributed by atoms with Gasteiger partial charge in [-0.15, -0.1) is 0 Å². The molecule has 0 aliphatic carbocycles. The van der Waals surface area contributed by atoms with Gasteiger partial charge in [-0.25, -0.2) is 0 Å². The standard InChI is InChI=1S/C11H19NO2/c1-4-10-8-12(5-6-14-10)11(13)7-9(2)3/h7,10H,4-6,8H2,1-3H3/t10-/m1/s1. The highest BCUT2D eigenvalue weighted by Crippen LogP contribution is 2.09. The zero-order valence-electron chi connectivity index (χ0n) is 9.25. The predicted octanol–water partition coefficient (Wildman–Crippen LogP) is 1.59. The smallest absolute Gasteiger partial charge is 0.246 e. The summed E-state index contributed by atoms with van der Waals surface area (Å²) in [5, 5.41) is 0. The average Bonchev–Trinajstić information content (AvgIpc) is 2.17. The third-order valence-electron chi connectivity index (χ3n) is 2.32. The summed E-state index contributed by atoms with van der Waals surface area (Å²) >= 11 is 0. The Morgan fingerprint density at radius 2 is 2.29 bits per heavy atom. The summed E-state index contributed by atoms with van der Waals surface area (Å²) in [6.07, 6.45) is 2.88. The van der Waals surface area contributed by atoms with Crippen molar-refractivity contribution >= 4 is 5.91 Å². The molecule has 1 atom stereocenters. The number of ether oxygens (including phenoxy) is 1. The fourth-order valence-corrected chi connectivity index (χ4v) is 1.50. The van der Waals surface area contributed by atoms with Crippen LogP contribution < -0.4 is 0 Å². The Morgan fingerprint density at radius 1 is 1.57 bits per heavy atom. The highest BCUT2D eigenvalue weighted by molar-refractivity contribution is 5.88. The molecule has 0 bridgehead atoms. The van der Waals surface area contributed by atoms with Crippen molar-refractivity contribution in [3.8, 4) is 0 Å². The van der Waals surface area contributed by atoms with Gasteiger partial charge in [0.1, 0.15) is 0 Å². The Morgan fingerprint density at radius 3 is 2.86 bits per heavy atom. The quantitative estimate of drug-likeness (QED) is 0.629. The SMILES string of the molecule is CC[C@@H]1CN(C(=O)C=C(C)C)CCO1. The predicted molar refractivity (Wildman–Crippen MR) is 56.0 cm³/mol. The first-order valence-electron chi connectivity index (χ1n) is 5.19. The van der Waals surface area contributed by atoms with Gasteiger partial charge in [0.05, 0.1) is 12.7 Å². The molecule has 1 aliphatic heterocycles. The molecule has 0 aromatic carbocycles. The molecular weight excluding hydrogens is 178 g/mol. The lowest BCUT2D eigenvalue weighted by atomic mass is 10.2. The molecule has 0 radical (unpaired) electrons. The van der Waals surface area contributed by atoms with Crippen molar-refractivity contribution in [3.63, 3.8) is 0 Å². The second-order valence-electron chi connectivity index (χ2n) is 3.91. The highest BCUT2D eigenvalue weighted by atomic mass is 16.5. The first-order valence-corrected chi connectivity index (χ1v) is 5.19. The van der Waals surface area contributed by atoms with Crippen LogP contribution >= 0.6 is 0 Å². The van der Waals surface area contributed by atoms with Crippen molar-refractivity contribution in [2.24, 2.45) is 0 Å². The molecule has 1 saturated heterocycles. The van der Waals surface area contributed by atoms with Gasteiger partial charge in [0, 0.05) is 19.2 Å². The van der Waals surface area contributed by atoms with Gasteiger partial charge in [0.2, 0.25) is 5.91 Å². The summed E-state index contributed by atoms with van der Waals surface area (Å²) in [5.41, 5.74) is 1.05. The zero-order valence-corrected chi connectivity index (χ0v) is 9.25. The van der Waals surface area contributed by atoms with Gasteiger partial charge in [0.15, 0.2) is 0 Å². The summed E-state index contributed by atoms with van der Waals surface area (Å²) in [7, 11) is 0. The molecule has 1 amide bonds. The molecule has 0 unspecified atom stereocenters. The van der Waals surface area contributed by atoms with Crippen LogP contribution in [0.1, 0.15) is 27.2 Å². The molecule has 1 fully saturated rings. The maximum absolute atomic E-state index is 11.7. The average molecular weight is 197 g/mol. The Hall–Kier alpha value is -0.830. The molecule has 80 valence electrons. The maximum Gasteiger partial charge on any atom is 0.246 e.